The molecular formula is C10H10ClN3O5S2. The largest absolute Gasteiger partial charge is 0.338 e. The van der Waals surface area contributed by atoms with Gasteiger partial charge >= 0.3 is 0 Å². The number of nitrogens with one attached hydrogen (secondary N) is 1. The summed E-state index contributed by atoms with van der Waals surface area (Å²) >= 11 is 6.24. The van der Waals surface area contributed by atoms with Crippen molar-refractivity contribution in [2.24, 2.45) is 0 Å². The molecule has 0 saturated carbocycles. The number of hydrogen-bond donors (Lipinski definition) is 1. The van der Waals surface area contributed by atoms with E-state index in [1.165, 1.54) is 6.07 Å². The highest BCUT2D eigenvalue weighted by atomic mass is 35.5. The van der Waals surface area contributed by atoms with Crippen LogP contribution in [-0.2, 0) is 10.0 Å². The first-order valence-corrected chi connectivity index (χ1v) is 8.31. The molecule has 114 valence electrons. The third kappa shape index (κ3) is 3.34. The van der Waals surface area contributed by atoms with E-state index in [1.807, 2.05) is 13.8 Å². The van der Waals surface area contributed by atoms with Crippen LogP contribution >= 0.6 is 22.9 Å². The number of sulfonamides is 1. The molecule has 0 radical (unpaired) electrons. The van der Waals surface area contributed by atoms with Crippen LogP contribution in [0.1, 0.15) is 25.5 Å². The van der Waals surface area contributed by atoms with E-state index in [1.54, 1.807) is 0 Å². The Balaban J connectivity index is 2.29. The van der Waals surface area contributed by atoms with E-state index in [2.05, 4.69) is 9.88 Å². The highest BCUT2D eigenvalue weighted by molar-refractivity contribution is 7.94. The molecule has 0 bridgehead atoms. The van der Waals surface area contributed by atoms with Gasteiger partial charge < -0.3 is 4.52 Å². The second kappa shape index (κ2) is 5.62. The molecule has 0 fully saturated rings. The Hall–Kier alpha value is -1.65. The number of thiophene rings is 1. The van der Waals surface area contributed by atoms with Crippen LogP contribution in [0, 0.1) is 10.1 Å². The molecule has 0 aromatic carbocycles. The van der Waals surface area contributed by atoms with Crippen molar-refractivity contribution >= 4 is 44.5 Å². The topological polar surface area (TPSA) is 115 Å². The first-order valence-electron chi connectivity index (χ1n) is 5.64. The number of anilines is 1. The fourth-order valence-corrected chi connectivity index (χ4v) is 4.02. The molecule has 1 N–H and O–H groups in total. The van der Waals surface area contributed by atoms with Crippen LogP contribution in [0.25, 0.3) is 0 Å². The molecular weight excluding hydrogens is 342 g/mol. The van der Waals surface area contributed by atoms with E-state index in [-0.39, 0.29) is 20.3 Å². The van der Waals surface area contributed by atoms with Crippen LogP contribution < -0.4 is 4.72 Å². The Morgan fingerprint density at radius 3 is 2.62 bits per heavy atom. The Kier molecular flexibility index (Phi) is 4.21. The van der Waals surface area contributed by atoms with Crippen LogP contribution in [0.2, 0.25) is 4.34 Å². The van der Waals surface area contributed by atoms with Crippen LogP contribution in [0.15, 0.2) is 20.9 Å². The number of nitrogens with zero attached hydrogens (tertiary/aromatic N) is 2. The van der Waals surface area contributed by atoms with Gasteiger partial charge in [0.05, 0.1) is 10.6 Å². The minimum Gasteiger partial charge on any atom is -0.338 e. The standard InChI is InChI=1S/C10H10ClN3O5S2/c1-5(2)6-3-8(19-12-6)13-21(17,18)9-4-7(14(15)16)10(11)20-9/h3-5,13H,1-2H3. The van der Waals surface area contributed by atoms with Gasteiger partial charge in [0.15, 0.2) is 4.34 Å². The summed E-state index contributed by atoms with van der Waals surface area (Å²) in [6.45, 7) is 3.75. The molecule has 0 amide bonds. The molecule has 0 atom stereocenters. The Morgan fingerprint density at radius 1 is 1.48 bits per heavy atom. The van der Waals surface area contributed by atoms with Gasteiger partial charge in [-0.15, -0.1) is 11.3 Å². The molecule has 0 aliphatic heterocycles. The average Bonchev–Trinajstić information content (AvgIpc) is 2.95. The third-order valence-electron chi connectivity index (χ3n) is 2.46. The van der Waals surface area contributed by atoms with Gasteiger partial charge in [0.2, 0.25) is 5.88 Å². The van der Waals surface area contributed by atoms with Gasteiger partial charge in [0, 0.05) is 12.1 Å². The number of hydrogen-bond acceptors (Lipinski definition) is 7. The van der Waals surface area contributed by atoms with Crippen LogP contribution in [0.5, 0.6) is 0 Å². The molecule has 2 heterocycles. The van der Waals surface area contributed by atoms with Gasteiger partial charge in [-0.25, -0.2) is 13.1 Å². The van der Waals surface area contributed by atoms with Crippen molar-refractivity contribution in [2.45, 2.75) is 24.0 Å². The van der Waals surface area contributed by atoms with Crippen molar-refractivity contribution in [1.82, 2.24) is 5.16 Å². The number of rotatable bonds is 5. The summed E-state index contributed by atoms with van der Waals surface area (Å²) in [5.41, 5.74) is 0.130. The van der Waals surface area contributed by atoms with Crippen molar-refractivity contribution in [3.8, 4) is 0 Å². The van der Waals surface area contributed by atoms with E-state index in [4.69, 9.17) is 16.1 Å². The maximum absolute atomic E-state index is 12.1. The van der Waals surface area contributed by atoms with Crippen LogP contribution in [0.4, 0.5) is 11.6 Å². The predicted octanol–water partition coefficient (Wildman–Crippen LogP) is 3.22. The Labute approximate surface area is 128 Å². The minimum atomic E-state index is -4.02. The fraction of sp³-hybridized carbons (Fsp3) is 0.300. The van der Waals surface area contributed by atoms with E-state index >= 15 is 0 Å². The SMILES string of the molecule is CC(C)c1cc(NS(=O)(=O)c2cc([N+](=O)[O-])c(Cl)s2)on1. The first kappa shape index (κ1) is 15.7. The van der Waals surface area contributed by atoms with Crippen molar-refractivity contribution in [3.63, 3.8) is 0 Å². The second-order valence-corrected chi connectivity index (χ2v) is 7.92. The molecule has 0 spiro atoms. The molecule has 0 unspecified atom stereocenters. The Bertz CT molecular complexity index is 780. The molecule has 0 aliphatic rings. The minimum absolute atomic E-state index is 0.0640. The van der Waals surface area contributed by atoms with Gasteiger partial charge in [-0.05, 0) is 5.92 Å². The summed E-state index contributed by atoms with van der Waals surface area (Å²) in [5, 5.41) is 14.4. The molecule has 2 aromatic rings. The lowest BCUT2D eigenvalue weighted by molar-refractivity contribution is -0.384. The van der Waals surface area contributed by atoms with E-state index < -0.39 is 20.6 Å². The quantitative estimate of drug-likeness (QED) is 0.653. The maximum atomic E-state index is 12.1. The zero-order valence-electron chi connectivity index (χ0n) is 10.9. The highest BCUT2D eigenvalue weighted by Gasteiger charge is 2.26. The molecule has 0 aliphatic carbocycles. The normalized spacial score (nSPS) is 11.8. The van der Waals surface area contributed by atoms with E-state index in [9.17, 15) is 18.5 Å². The predicted molar refractivity (Wildman–Crippen MR) is 77.4 cm³/mol. The third-order valence-corrected chi connectivity index (χ3v) is 5.62. The van der Waals surface area contributed by atoms with Crippen molar-refractivity contribution in [1.29, 1.82) is 0 Å². The highest BCUT2D eigenvalue weighted by Crippen LogP contribution is 2.36. The molecule has 11 heteroatoms. The number of aromatic nitrogens is 1. The van der Waals surface area contributed by atoms with Crippen molar-refractivity contribution in [3.05, 3.63) is 32.3 Å². The summed E-state index contributed by atoms with van der Waals surface area (Å²) in [4.78, 5) is 9.94. The fourth-order valence-electron chi connectivity index (χ4n) is 1.39. The summed E-state index contributed by atoms with van der Waals surface area (Å²) in [6, 6.07) is 2.35. The average molecular weight is 352 g/mol. The lowest BCUT2D eigenvalue weighted by Gasteiger charge is -2.00. The van der Waals surface area contributed by atoms with Crippen molar-refractivity contribution in [2.75, 3.05) is 4.72 Å². The number of nitro groups is 1. The zero-order valence-corrected chi connectivity index (χ0v) is 13.3. The van der Waals surface area contributed by atoms with E-state index in [0.717, 1.165) is 6.07 Å². The smallest absolute Gasteiger partial charge is 0.300 e. The lowest BCUT2D eigenvalue weighted by Crippen LogP contribution is -2.10. The molecule has 21 heavy (non-hydrogen) atoms. The number of halogens is 1. The zero-order chi connectivity index (χ0) is 15.8. The second-order valence-electron chi connectivity index (χ2n) is 4.36. The monoisotopic (exact) mass is 351 g/mol. The summed E-state index contributed by atoms with van der Waals surface area (Å²) < 4.78 is 30.7. The molecule has 8 nitrogen and oxygen atoms in total. The molecule has 2 rings (SSSR count). The van der Waals surface area contributed by atoms with Gasteiger partial charge in [0.1, 0.15) is 4.21 Å². The summed E-state index contributed by atoms with van der Waals surface area (Å²) in [7, 11) is -4.02. The Morgan fingerprint density at radius 2 is 2.14 bits per heavy atom. The van der Waals surface area contributed by atoms with E-state index in [0.29, 0.717) is 17.0 Å². The van der Waals surface area contributed by atoms with Crippen molar-refractivity contribution < 1.29 is 17.9 Å². The maximum Gasteiger partial charge on any atom is 0.300 e. The lowest BCUT2D eigenvalue weighted by atomic mass is 10.1. The van der Waals surface area contributed by atoms with Gasteiger partial charge in [-0.1, -0.05) is 30.6 Å². The van der Waals surface area contributed by atoms with Crippen LogP contribution in [-0.4, -0.2) is 18.5 Å². The molecule has 0 saturated heterocycles. The summed E-state index contributed by atoms with van der Waals surface area (Å²) in [5.74, 6) is 0.00940. The summed E-state index contributed by atoms with van der Waals surface area (Å²) in [6.07, 6.45) is 0. The van der Waals surface area contributed by atoms with Gasteiger partial charge in [-0.2, -0.15) is 0 Å². The van der Waals surface area contributed by atoms with Crippen LogP contribution in [0.3, 0.4) is 0 Å². The van der Waals surface area contributed by atoms with Gasteiger partial charge in [-0.3, -0.25) is 10.1 Å². The van der Waals surface area contributed by atoms with Gasteiger partial charge in [0.25, 0.3) is 15.7 Å². The molecule has 2 aromatic heterocycles. The first-order chi connectivity index (χ1) is 9.70.